The predicted molar refractivity (Wildman–Crippen MR) is 70.2 cm³/mol. The van der Waals surface area contributed by atoms with Gasteiger partial charge in [-0.15, -0.1) is 0 Å². The predicted octanol–water partition coefficient (Wildman–Crippen LogP) is 1.97. The van der Waals surface area contributed by atoms with Crippen LogP contribution < -0.4 is 0 Å². The van der Waals surface area contributed by atoms with Gasteiger partial charge in [0.05, 0.1) is 6.10 Å². The highest BCUT2D eigenvalue weighted by molar-refractivity contribution is 9.10. The number of nitrogens with zero attached hydrogens (tertiary/aromatic N) is 2. The van der Waals surface area contributed by atoms with Crippen LogP contribution in [-0.4, -0.2) is 39.1 Å². The van der Waals surface area contributed by atoms with E-state index >= 15 is 0 Å². The minimum absolute atomic E-state index is 0.0122. The molecule has 3 heterocycles. The van der Waals surface area contributed by atoms with E-state index in [0.717, 1.165) is 17.3 Å². The zero-order chi connectivity index (χ0) is 12.7. The van der Waals surface area contributed by atoms with Gasteiger partial charge in [0.2, 0.25) is 0 Å². The van der Waals surface area contributed by atoms with Crippen LogP contribution in [0.15, 0.2) is 22.8 Å². The Hall–Kier alpha value is -0.940. The minimum Gasteiger partial charge on any atom is -0.393 e. The van der Waals surface area contributed by atoms with Crippen molar-refractivity contribution in [2.75, 3.05) is 0 Å². The zero-order valence-electron chi connectivity index (χ0n) is 9.92. The first-order chi connectivity index (χ1) is 8.66. The number of hydrogen-bond donors (Lipinski definition) is 1. The molecular formula is C13H15BrN2O2. The summed E-state index contributed by atoms with van der Waals surface area (Å²) in [4.78, 5) is 18.6. The van der Waals surface area contributed by atoms with E-state index in [-0.39, 0.29) is 24.1 Å². The normalized spacial score (nSPS) is 30.6. The van der Waals surface area contributed by atoms with Crippen LogP contribution in [0.5, 0.6) is 0 Å². The molecule has 96 valence electrons. The Morgan fingerprint density at radius 2 is 2.06 bits per heavy atom. The number of hydrogen-bond acceptors (Lipinski definition) is 3. The number of fused-ring (bicyclic) bond motifs is 2. The highest BCUT2D eigenvalue weighted by Crippen LogP contribution is 2.37. The van der Waals surface area contributed by atoms with Gasteiger partial charge in [-0.05, 0) is 53.7 Å². The number of rotatable bonds is 1. The Bertz CT molecular complexity index is 466. The fraction of sp³-hybridized carbons (Fsp3) is 0.538. The van der Waals surface area contributed by atoms with Crippen molar-refractivity contribution in [3.8, 4) is 0 Å². The summed E-state index contributed by atoms with van der Waals surface area (Å²) in [6.07, 6.45) is 4.78. The van der Waals surface area contributed by atoms with Gasteiger partial charge in [-0.3, -0.25) is 4.79 Å². The first-order valence-corrected chi connectivity index (χ1v) is 7.07. The maximum Gasteiger partial charge on any atom is 0.274 e. The second kappa shape index (κ2) is 4.63. The maximum absolute atomic E-state index is 12.5. The van der Waals surface area contributed by atoms with Crippen LogP contribution >= 0.6 is 15.9 Å². The van der Waals surface area contributed by atoms with Gasteiger partial charge >= 0.3 is 0 Å². The van der Waals surface area contributed by atoms with Gasteiger partial charge in [-0.1, -0.05) is 0 Å². The number of aromatic nitrogens is 1. The highest BCUT2D eigenvalue weighted by Gasteiger charge is 2.43. The average Bonchev–Trinajstić information content (AvgIpc) is 2.61. The summed E-state index contributed by atoms with van der Waals surface area (Å²) in [7, 11) is 0. The molecule has 3 rings (SSSR count). The largest absolute Gasteiger partial charge is 0.393 e. The number of aliphatic hydroxyl groups is 1. The third-order valence-electron chi connectivity index (χ3n) is 3.90. The molecule has 2 saturated heterocycles. The summed E-state index contributed by atoms with van der Waals surface area (Å²) in [6, 6.07) is 4.00. The van der Waals surface area contributed by atoms with Gasteiger partial charge in [0.15, 0.2) is 0 Å². The summed E-state index contributed by atoms with van der Waals surface area (Å²) >= 11 is 3.38. The second-order valence-electron chi connectivity index (χ2n) is 5.06. The lowest BCUT2D eigenvalue weighted by Crippen LogP contribution is -2.48. The molecule has 1 amide bonds. The van der Waals surface area contributed by atoms with Crippen molar-refractivity contribution in [3.63, 3.8) is 0 Å². The number of aliphatic hydroxyl groups excluding tert-OH is 1. The van der Waals surface area contributed by atoms with Crippen LogP contribution in [0.1, 0.15) is 36.2 Å². The Balaban J connectivity index is 1.88. The van der Waals surface area contributed by atoms with Crippen molar-refractivity contribution < 1.29 is 9.90 Å². The smallest absolute Gasteiger partial charge is 0.274 e. The standard InChI is InChI=1S/C13H15BrN2O2/c14-11-2-1-5-15-12(11)13(18)16-8-3-4-9(16)7-10(17)6-8/h1-2,5,8-10,17H,3-4,6-7H2. The summed E-state index contributed by atoms with van der Waals surface area (Å²) in [5.74, 6) is -0.0122. The molecule has 0 radical (unpaired) electrons. The van der Waals surface area contributed by atoms with Crippen LogP contribution in [0.3, 0.4) is 0 Å². The molecule has 0 saturated carbocycles. The third kappa shape index (κ3) is 1.95. The van der Waals surface area contributed by atoms with Gasteiger partial charge < -0.3 is 10.0 Å². The van der Waals surface area contributed by atoms with Crippen molar-refractivity contribution in [1.29, 1.82) is 0 Å². The Labute approximate surface area is 114 Å². The first-order valence-electron chi connectivity index (χ1n) is 6.28. The molecule has 5 heteroatoms. The molecule has 2 aliphatic heterocycles. The van der Waals surface area contributed by atoms with Gasteiger partial charge in [0, 0.05) is 22.8 Å². The second-order valence-corrected chi connectivity index (χ2v) is 5.91. The van der Waals surface area contributed by atoms with Gasteiger partial charge in [0.1, 0.15) is 5.69 Å². The van der Waals surface area contributed by atoms with E-state index < -0.39 is 0 Å². The number of piperidine rings is 1. The van der Waals surface area contributed by atoms with Crippen molar-refractivity contribution >= 4 is 21.8 Å². The molecule has 2 unspecified atom stereocenters. The van der Waals surface area contributed by atoms with E-state index in [0.29, 0.717) is 18.5 Å². The average molecular weight is 311 g/mol. The van der Waals surface area contributed by atoms with Crippen LogP contribution in [0.25, 0.3) is 0 Å². The topological polar surface area (TPSA) is 53.4 Å². The lowest BCUT2D eigenvalue weighted by molar-refractivity contribution is 0.0282. The number of carbonyl (C=O) groups excluding carboxylic acids is 1. The fourth-order valence-electron chi connectivity index (χ4n) is 3.15. The van der Waals surface area contributed by atoms with Crippen LogP contribution in [-0.2, 0) is 0 Å². The van der Waals surface area contributed by atoms with Crippen LogP contribution in [0, 0.1) is 0 Å². The Morgan fingerprint density at radius 3 is 2.67 bits per heavy atom. The van der Waals surface area contributed by atoms with E-state index in [4.69, 9.17) is 0 Å². The molecule has 1 N–H and O–H groups in total. The summed E-state index contributed by atoms with van der Waals surface area (Å²) in [5, 5.41) is 9.75. The molecule has 4 nitrogen and oxygen atoms in total. The number of pyridine rings is 1. The lowest BCUT2D eigenvalue weighted by atomic mass is 9.99. The van der Waals surface area contributed by atoms with E-state index in [9.17, 15) is 9.90 Å². The fourth-order valence-corrected chi connectivity index (χ4v) is 3.57. The third-order valence-corrected chi connectivity index (χ3v) is 4.54. The Kier molecular flexibility index (Phi) is 3.11. The van der Waals surface area contributed by atoms with E-state index in [1.54, 1.807) is 12.3 Å². The monoisotopic (exact) mass is 310 g/mol. The number of carbonyl (C=O) groups is 1. The van der Waals surface area contributed by atoms with Crippen LogP contribution in [0.2, 0.25) is 0 Å². The van der Waals surface area contributed by atoms with Gasteiger partial charge in [0.25, 0.3) is 5.91 Å². The highest BCUT2D eigenvalue weighted by atomic mass is 79.9. The molecule has 0 aliphatic carbocycles. The quantitative estimate of drug-likeness (QED) is 0.863. The van der Waals surface area contributed by atoms with E-state index in [1.807, 2.05) is 11.0 Å². The molecule has 2 atom stereocenters. The minimum atomic E-state index is -0.251. The molecule has 18 heavy (non-hydrogen) atoms. The zero-order valence-corrected chi connectivity index (χ0v) is 11.5. The molecule has 2 bridgehead atoms. The van der Waals surface area contributed by atoms with Crippen LogP contribution in [0.4, 0.5) is 0 Å². The number of halogens is 1. The van der Waals surface area contributed by atoms with Gasteiger partial charge in [-0.2, -0.15) is 0 Å². The summed E-state index contributed by atoms with van der Waals surface area (Å²) < 4.78 is 0.737. The molecule has 1 aromatic rings. The van der Waals surface area contributed by atoms with Crippen molar-refractivity contribution in [3.05, 3.63) is 28.5 Å². The molecule has 1 aromatic heterocycles. The van der Waals surface area contributed by atoms with Crippen molar-refractivity contribution in [1.82, 2.24) is 9.88 Å². The van der Waals surface area contributed by atoms with Gasteiger partial charge in [-0.25, -0.2) is 4.98 Å². The molecular weight excluding hydrogens is 296 g/mol. The van der Waals surface area contributed by atoms with E-state index in [2.05, 4.69) is 20.9 Å². The molecule has 2 aliphatic rings. The summed E-state index contributed by atoms with van der Waals surface area (Å²) in [5.41, 5.74) is 0.478. The first kappa shape index (κ1) is 12.1. The molecule has 2 fully saturated rings. The Morgan fingerprint density at radius 1 is 1.39 bits per heavy atom. The molecule has 0 aromatic carbocycles. The lowest BCUT2D eigenvalue weighted by Gasteiger charge is -2.37. The molecule has 0 spiro atoms. The van der Waals surface area contributed by atoms with Crippen molar-refractivity contribution in [2.45, 2.75) is 43.9 Å². The number of amides is 1. The SMILES string of the molecule is O=C(c1ncccc1Br)N1C2CCC1CC(O)C2. The maximum atomic E-state index is 12.5. The van der Waals surface area contributed by atoms with E-state index in [1.165, 1.54) is 0 Å². The van der Waals surface area contributed by atoms with Crippen molar-refractivity contribution in [2.24, 2.45) is 0 Å². The summed E-state index contributed by atoms with van der Waals surface area (Å²) in [6.45, 7) is 0.